The van der Waals surface area contributed by atoms with Crippen molar-refractivity contribution in [2.75, 3.05) is 7.11 Å². The van der Waals surface area contributed by atoms with Crippen LogP contribution < -0.4 is 9.47 Å². The molecule has 0 aliphatic carbocycles. The fourth-order valence-corrected chi connectivity index (χ4v) is 2.77. The number of ether oxygens (including phenoxy) is 2. The van der Waals surface area contributed by atoms with E-state index in [1.165, 1.54) is 0 Å². The Morgan fingerprint density at radius 2 is 1.75 bits per heavy atom. The topological polar surface area (TPSA) is 18.5 Å². The molecule has 0 bridgehead atoms. The fraction of sp³-hybridized carbons (Fsp3) is 0.143. The van der Waals surface area contributed by atoms with E-state index in [1.54, 1.807) is 19.2 Å². The van der Waals surface area contributed by atoms with E-state index in [2.05, 4.69) is 31.9 Å². The van der Waals surface area contributed by atoms with E-state index in [9.17, 15) is 0 Å². The molecule has 106 valence electrons. The molecule has 0 atom stereocenters. The van der Waals surface area contributed by atoms with Crippen LogP contribution in [0.25, 0.3) is 0 Å². The Labute approximate surface area is 144 Å². The summed E-state index contributed by atoms with van der Waals surface area (Å²) in [6.45, 7) is 0.357. The van der Waals surface area contributed by atoms with Crippen LogP contribution in [0, 0.1) is 0 Å². The lowest BCUT2D eigenvalue weighted by Crippen LogP contribution is -1.98. The van der Waals surface area contributed by atoms with Gasteiger partial charge in [0, 0.05) is 20.6 Å². The molecular formula is C14H10Br2Cl2O2. The van der Waals surface area contributed by atoms with Crippen LogP contribution in [0.1, 0.15) is 5.56 Å². The number of methoxy groups -OCH3 is 1. The summed E-state index contributed by atoms with van der Waals surface area (Å²) in [5.74, 6) is 1.31. The van der Waals surface area contributed by atoms with Crippen molar-refractivity contribution in [1.82, 2.24) is 0 Å². The van der Waals surface area contributed by atoms with Gasteiger partial charge in [-0.25, -0.2) is 0 Å². The summed E-state index contributed by atoms with van der Waals surface area (Å²) >= 11 is 18.9. The van der Waals surface area contributed by atoms with Gasteiger partial charge in [-0.1, -0.05) is 39.1 Å². The van der Waals surface area contributed by atoms with Gasteiger partial charge in [-0.3, -0.25) is 0 Å². The predicted octanol–water partition coefficient (Wildman–Crippen LogP) is 6.11. The van der Waals surface area contributed by atoms with Crippen molar-refractivity contribution in [3.8, 4) is 11.5 Å². The van der Waals surface area contributed by atoms with Crippen molar-refractivity contribution >= 4 is 55.1 Å². The minimum atomic E-state index is 0.357. The van der Waals surface area contributed by atoms with Gasteiger partial charge in [0.2, 0.25) is 0 Å². The molecular weight excluding hydrogens is 431 g/mol. The first-order chi connectivity index (χ1) is 9.51. The third-order valence-corrected chi connectivity index (χ3v) is 4.88. The maximum Gasteiger partial charge on any atom is 0.139 e. The van der Waals surface area contributed by atoms with Gasteiger partial charge in [0.05, 0.1) is 17.2 Å². The van der Waals surface area contributed by atoms with Crippen LogP contribution in [0.15, 0.2) is 39.3 Å². The van der Waals surface area contributed by atoms with Crippen LogP contribution in [0.5, 0.6) is 11.5 Å². The molecule has 0 spiro atoms. The van der Waals surface area contributed by atoms with Crippen LogP contribution in [0.2, 0.25) is 10.0 Å². The lowest BCUT2D eigenvalue weighted by atomic mass is 10.2. The molecule has 2 nitrogen and oxygen atoms in total. The monoisotopic (exact) mass is 438 g/mol. The Morgan fingerprint density at radius 1 is 1.00 bits per heavy atom. The summed E-state index contributed by atoms with van der Waals surface area (Å²) in [5, 5.41) is 1.05. The Bertz CT molecular complexity index is 633. The minimum Gasteiger partial charge on any atom is -0.497 e. The molecule has 2 rings (SSSR count). The van der Waals surface area contributed by atoms with Crippen molar-refractivity contribution in [3.05, 3.63) is 54.9 Å². The second kappa shape index (κ2) is 7.03. The molecule has 2 aromatic carbocycles. The highest BCUT2D eigenvalue weighted by Crippen LogP contribution is 2.35. The minimum absolute atomic E-state index is 0.357. The molecule has 0 unspecified atom stereocenters. The molecule has 2 aromatic rings. The van der Waals surface area contributed by atoms with Crippen LogP contribution >= 0.6 is 55.1 Å². The lowest BCUT2D eigenvalue weighted by Gasteiger charge is -2.11. The molecule has 0 heterocycles. The van der Waals surface area contributed by atoms with Gasteiger partial charge in [0.1, 0.15) is 18.1 Å². The van der Waals surface area contributed by atoms with Gasteiger partial charge in [-0.15, -0.1) is 0 Å². The summed E-state index contributed by atoms with van der Waals surface area (Å²) in [4.78, 5) is 0. The Balaban J connectivity index is 2.18. The number of benzene rings is 2. The highest BCUT2D eigenvalue weighted by Gasteiger charge is 2.09. The second-order valence-electron chi connectivity index (χ2n) is 3.94. The Morgan fingerprint density at radius 3 is 2.45 bits per heavy atom. The smallest absolute Gasteiger partial charge is 0.139 e. The lowest BCUT2D eigenvalue weighted by molar-refractivity contribution is 0.304. The molecule has 0 aliphatic rings. The zero-order valence-corrected chi connectivity index (χ0v) is 15.1. The highest BCUT2D eigenvalue weighted by molar-refractivity contribution is 9.10. The van der Waals surface area contributed by atoms with E-state index in [4.69, 9.17) is 32.7 Å². The van der Waals surface area contributed by atoms with Crippen LogP contribution in [0.3, 0.4) is 0 Å². The molecule has 0 aliphatic heterocycles. The average Bonchev–Trinajstić information content (AvgIpc) is 2.43. The predicted molar refractivity (Wildman–Crippen MR) is 89.2 cm³/mol. The summed E-state index contributed by atoms with van der Waals surface area (Å²) in [7, 11) is 1.62. The zero-order valence-electron chi connectivity index (χ0n) is 10.4. The largest absolute Gasteiger partial charge is 0.497 e. The molecule has 0 saturated heterocycles. The maximum atomic E-state index is 6.12. The van der Waals surface area contributed by atoms with Crippen molar-refractivity contribution in [1.29, 1.82) is 0 Å². The van der Waals surface area contributed by atoms with Gasteiger partial charge >= 0.3 is 0 Å². The first-order valence-electron chi connectivity index (χ1n) is 5.61. The first-order valence-corrected chi connectivity index (χ1v) is 7.95. The molecule has 0 saturated carbocycles. The van der Waals surface area contributed by atoms with Gasteiger partial charge in [-0.05, 0) is 40.2 Å². The number of hydrogen-bond donors (Lipinski definition) is 0. The number of rotatable bonds is 4. The number of halogens is 4. The van der Waals surface area contributed by atoms with Gasteiger partial charge in [-0.2, -0.15) is 0 Å². The van der Waals surface area contributed by atoms with Crippen LogP contribution in [-0.2, 0) is 6.61 Å². The van der Waals surface area contributed by atoms with E-state index in [1.807, 2.05) is 18.2 Å². The van der Waals surface area contributed by atoms with Crippen molar-refractivity contribution in [2.45, 2.75) is 6.61 Å². The van der Waals surface area contributed by atoms with Crippen molar-refractivity contribution < 1.29 is 9.47 Å². The molecule has 0 aromatic heterocycles. The Hall–Kier alpha value is -0.420. The van der Waals surface area contributed by atoms with Crippen molar-refractivity contribution in [3.63, 3.8) is 0 Å². The fourth-order valence-electron chi connectivity index (χ4n) is 1.56. The first kappa shape index (κ1) is 16.0. The Kier molecular flexibility index (Phi) is 5.61. The van der Waals surface area contributed by atoms with Gasteiger partial charge < -0.3 is 9.47 Å². The van der Waals surface area contributed by atoms with E-state index >= 15 is 0 Å². The SMILES string of the molecule is COc1ccc(Br)c(COc2cc(Cl)c(Br)cc2Cl)c1. The van der Waals surface area contributed by atoms with E-state index < -0.39 is 0 Å². The quantitative estimate of drug-likeness (QED) is 0.534. The van der Waals surface area contributed by atoms with E-state index in [0.29, 0.717) is 22.4 Å². The van der Waals surface area contributed by atoms with E-state index in [-0.39, 0.29) is 0 Å². The summed E-state index contributed by atoms with van der Waals surface area (Å²) in [5.41, 5.74) is 0.958. The molecule has 20 heavy (non-hydrogen) atoms. The average molecular weight is 441 g/mol. The third-order valence-electron chi connectivity index (χ3n) is 2.61. The maximum absolute atomic E-state index is 6.12. The molecule has 6 heteroatoms. The third kappa shape index (κ3) is 3.82. The molecule has 0 N–H and O–H groups in total. The summed E-state index contributed by atoms with van der Waals surface area (Å²) < 4.78 is 12.6. The van der Waals surface area contributed by atoms with Gasteiger partial charge in [0.15, 0.2) is 0 Å². The van der Waals surface area contributed by atoms with Crippen LogP contribution in [0.4, 0.5) is 0 Å². The van der Waals surface area contributed by atoms with Crippen LogP contribution in [-0.4, -0.2) is 7.11 Å². The zero-order chi connectivity index (χ0) is 14.7. The molecule has 0 amide bonds. The summed E-state index contributed by atoms with van der Waals surface area (Å²) in [6, 6.07) is 9.07. The highest BCUT2D eigenvalue weighted by atomic mass is 79.9. The summed E-state index contributed by atoms with van der Waals surface area (Å²) in [6.07, 6.45) is 0. The van der Waals surface area contributed by atoms with Gasteiger partial charge in [0.25, 0.3) is 0 Å². The molecule has 0 radical (unpaired) electrons. The molecule has 0 fully saturated rings. The standard InChI is InChI=1S/C14H10Br2Cl2O2/c1-19-9-2-3-10(15)8(4-9)7-20-14-6-12(17)11(16)5-13(14)18/h2-6H,7H2,1H3. The van der Waals surface area contributed by atoms with E-state index in [0.717, 1.165) is 20.3 Å². The van der Waals surface area contributed by atoms with Crippen molar-refractivity contribution in [2.24, 2.45) is 0 Å². The normalized spacial score (nSPS) is 10.4. The number of hydrogen-bond acceptors (Lipinski definition) is 2. The second-order valence-corrected chi connectivity index (χ2v) is 6.47.